The number of benzene rings is 2. The summed E-state index contributed by atoms with van der Waals surface area (Å²) in [5.74, 6) is 0.734. The standard InChI is InChI=1S/C19H19NO/c20-19(17-12-21-18-10-2-1-9-16(17)18)15-8-4-7-14(11-15)13-5-3-6-13/h1-2,4,7-13,19H,3,5-6,20H2. The molecule has 2 aromatic carbocycles. The van der Waals surface area contributed by atoms with Crippen LogP contribution in [-0.4, -0.2) is 0 Å². The van der Waals surface area contributed by atoms with Gasteiger partial charge in [0.2, 0.25) is 0 Å². The smallest absolute Gasteiger partial charge is 0.134 e. The van der Waals surface area contributed by atoms with E-state index in [0.29, 0.717) is 0 Å². The van der Waals surface area contributed by atoms with E-state index in [2.05, 4.69) is 30.3 Å². The molecule has 21 heavy (non-hydrogen) atoms. The lowest BCUT2D eigenvalue weighted by Gasteiger charge is -2.26. The molecule has 2 nitrogen and oxygen atoms in total. The molecule has 4 rings (SSSR count). The molecular formula is C19H19NO. The van der Waals surface area contributed by atoms with Crippen LogP contribution in [0.2, 0.25) is 0 Å². The van der Waals surface area contributed by atoms with Crippen LogP contribution in [0.15, 0.2) is 59.2 Å². The van der Waals surface area contributed by atoms with Crippen molar-refractivity contribution in [1.29, 1.82) is 0 Å². The van der Waals surface area contributed by atoms with Crippen LogP contribution in [0.1, 0.15) is 47.9 Å². The summed E-state index contributed by atoms with van der Waals surface area (Å²) in [7, 11) is 0. The van der Waals surface area contributed by atoms with Crippen LogP contribution in [0.3, 0.4) is 0 Å². The second kappa shape index (κ2) is 5.05. The van der Waals surface area contributed by atoms with Crippen molar-refractivity contribution >= 4 is 11.0 Å². The Morgan fingerprint density at radius 2 is 1.90 bits per heavy atom. The van der Waals surface area contributed by atoms with E-state index in [0.717, 1.165) is 22.5 Å². The lowest BCUT2D eigenvalue weighted by Crippen LogP contribution is -2.13. The molecule has 1 unspecified atom stereocenters. The molecule has 1 aliphatic rings. The van der Waals surface area contributed by atoms with Crippen molar-refractivity contribution in [2.24, 2.45) is 5.73 Å². The fraction of sp³-hybridized carbons (Fsp3) is 0.263. The molecule has 1 fully saturated rings. The zero-order valence-corrected chi connectivity index (χ0v) is 12.0. The second-order valence-electron chi connectivity index (χ2n) is 5.96. The molecule has 0 aliphatic heterocycles. The maximum Gasteiger partial charge on any atom is 0.134 e. The van der Waals surface area contributed by atoms with Gasteiger partial charge in [0.15, 0.2) is 0 Å². The first-order chi connectivity index (χ1) is 10.3. The van der Waals surface area contributed by atoms with Crippen LogP contribution < -0.4 is 5.73 Å². The van der Waals surface area contributed by atoms with Gasteiger partial charge in [-0.2, -0.15) is 0 Å². The third kappa shape index (κ3) is 2.16. The van der Waals surface area contributed by atoms with Crippen molar-refractivity contribution < 1.29 is 4.42 Å². The minimum atomic E-state index is -0.131. The molecule has 1 heterocycles. The number of rotatable bonds is 3. The van der Waals surface area contributed by atoms with Crippen LogP contribution >= 0.6 is 0 Å². The Hall–Kier alpha value is -2.06. The van der Waals surface area contributed by atoms with Gasteiger partial charge in [0.1, 0.15) is 5.58 Å². The molecule has 1 saturated carbocycles. The average molecular weight is 277 g/mol. The molecule has 1 atom stereocenters. The van der Waals surface area contributed by atoms with E-state index in [4.69, 9.17) is 10.2 Å². The fourth-order valence-electron chi connectivity index (χ4n) is 3.17. The van der Waals surface area contributed by atoms with Crippen molar-refractivity contribution in [3.63, 3.8) is 0 Å². The van der Waals surface area contributed by atoms with Gasteiger partial charge in [-0.3, -0.25) is 0 Å². The van der Waals surface area contributed by atoms with Gasteiger partial charge in [0.25, 0.3) is 0 Å². The first-order valence-corrected chi connectivity index (χ1v) is 7.64. The highest BCUT2D eigenvalue weighted by atomic mass is 16.3. The summed E-state index contributed by atoms with van der Waals surface area (Å²) in [5, 5.41) is 1.11. The monoisotopic (exact) mass is 277 g/mol. The topological polar surface area (TPSA) is 39.2 Å². The maximum atomic E-state index is 6.50. The molecule has 1 aliphatic carbocycles. The van der Waals surface area contributed by atoms with Crippen LogP contribution in [-0.2, 0) is 0 Å². The summed E-state index contributed by atoms with van der Waals surface area (Å²) in [6, 6.07) is 16.7. The fourth-order valence-corrected chi connectivity index (χ4v) is 3.17. The number of fused-ring (bicyclic) bond motifs is 1. The SMILES string of the molecule is NC(c1cccc(C2CCC2)c1)c1coc2ccccc12. The average Bonchev–Trinajstić information content (AvgIpc) is 2.89. The zero-order chi connectivity index (χ0) is 14.2. The third-order valence-corrected chi connectivity index (χ3v) is 4.69. The first kappa shape index (κ1) is 12.7. The summed E-state index contributed by atoms with van der Waals surface area (Å²) < 4.78 is 5.62. The van der Waals surface area contributed by atoms with Gasteiger partial charge in [-0.25, -0.2) is 0 Å². The Morgan fingerprint density at radius 3 is 2.71 bits per heavy atom. The number of furan rings is 1. The van der Waals surface area contributed by atoms with Gasteiger partial charge in [-0.15, -0.1) is 0 Å². The van der Waals surface area contributed by atoms with Crippen LogP contribution in [0, 0.1) is 0 Å². The largest absolute Gasteiger partial charge is 0.464 e. The van der Waals surface area contributed by atoms with E-state index in [1.54, 1.807) is 6.26 Å². The molecule has 3 aromatic rings. The first-order valence-electron chi connectivity index (χ1n) is 7.64. The summed E-state index contributed by atoms with van der Waals surface area (Å²) >= 11 is 0. The van der Waals surface area contributed by atoms with Crippen molar-refractivity contribution in [3.05, 3.63) is 71.5 Å². The molecule has 2 heteroatoms. The van der Waals surface area contributed by atoms with Crippen molar-refractivity contribution in [2.75, 3.05) is 0 Å². The Morgan fingerprint density at radius 1 is 1.05 bits per heavy atom. The third-order valence-electron chi connectivity index (χ3n) is 4.69. The Bertz CT molecular complexity index is 770. The molecule has 106 valence electrons. The van der Waals surface area contributed by atoms with E-state index >= 15 is 0 Å². The molecule has 0 radical (unpaired) electrons. The predicted octanol–water partition coefficient (Wildman–Crippen LogP) is 4.75. The van der Waals surface area contributed by atoms with Gasteiger partial charge in [-0.05, 0) is 36.0 Å². The molecule has 2 N–H and O–H groups in total. The molecule has 0 amide bonds. The van der Waals surface area contributed by atoms with Crippen molar-refractivity contribution in [1.82, 2.24) is 0 Å². The van der Waals surface area contributed by atoms with Crippen LogP contribution in [0.4, 0.5) is 0 Å². The van der Waals surface area contributed by atoms with E-state index < -0.39 is 0 Å². The van der Waals surface area contributed by atoms with E-state index in [1.807, 2.05) is 18.2 Å². The molecule has 0 saturated heterocycles. The predicted molar refractivity (Wildman–Crippen MR) is 85.3 cm³/mol. The Kier molecular flexibility index (Phi) is 3.04. The zero-order valence-electron chi connectivity index (χ0n) is 12.0. The number of hydrogen-bond acceptors (Lipinski definition) is 2. The quantitative estimate of drug-likeness (QED) is 0.750. The minimum Gasteiger partial charge on any atom is -0.464 e. The van der Waals surface area contributed by atoms with Crippen LogP contribution in [0.25, 0.3) is 11.0 Å². The van der Waals surface area contributed by atoms with Gasteiger partial charge in [0, 0.05) is 10.9 Å². The highest BCUT2D eigenvalue weighted by molar-refractivity contribution is 5.81. The number of nitrogens with two attached hydrogens (primary N) is 1. The van der Waals surface area contributed by atoms with Crippen molar-refractivity contribution in [2.45, 2.75) is 31.2 Å². The Balaban J connectivity index is 1.72. The molecule has 0 spiro atoms. The summed E-state index contributed by atoms with van der Waals surface area (Å²) in [5.41, 5.74) is 11.1. The number of para-hydroxylation sites is 1. The van der Waals surface area contributed by atoms with E-state index in [-0.39, 0.29) is 6.04 Å². The summed E-state index contributed by atoms with van der Waals surface area (Å²) in [4.78, 5) is 0. The van der Waals surface area contributed by atoms with Crippen LogP contribution in [0.5, 0.6) is 0 Å². The lowest BCUT2D eigenvalue weighted by atomic mass is 9.79. The van der Waals surface area contributed by atoms with Gasteiger partial charge in [0.05, 0.1) is 12.3 Å². The highest BCUT2D eigenvalue weighted by Gasteiger charge is 2.21. The van der Waals surface area contributed by atoms with Gasteiger partial charge >= 0.3 is 0 Å². The molecular weight excluding hydrogens is 258 g/mol. The minimum absolute atomic E-state index is 0.131. The lowest BCUT2D eigenvalue weighted by molar-refractivity contribution is 0.419. The summed E-state index contributed by atoms with van der Waals surface area (Å²) in [6.45, 7) is 0. The molecule has 1 aromatic heterocycles. The maximum absolute atomic E-state index is 6.50. The normalized spacial score (nSPS) is 16.8. The number of hydrogen-bond donors (Lipinski definition) is 1. The van der Waals surface area contributed by atoms with E-state index in [1.165, 1.54) is 30.4 Å². The summed E-state index contributed by atoms with van der Waals surface area (Å²) in [6.07, 6.45) is 5.78. The highest BCUT2D eigenvalue weighted by Crippen LogP contribution is 2.37. The van der Waals surface area contributed by atoms with Gasteiger partial charge < -0.3 is 10.2 Å². The van der Waals surface area contributed by atoms with Crippen molar-refractivity contribution in [3.8, 4) is 0 Å². The van der Waals surface area contributed by atoms with E-state index in [9.17, 15) is 0 Å². The van der Waals surface area contributed by atoms with Gasteiger partial charge in [-0.1, -0.05) is 48.9 Å². The molecule has 0 bridgehead atoms. The second-order valence-corrected chi connectivity index (χ2v) is 5.96. The Labute approximate surface area is 124 Å².